The molecule has 2 aliphatic heterocycles. The number of β-lactam (4-membered cyclic amide) rings is 1. The van der Waals surface area contributed by atoms with Gasteiger partial charge in [-0.1, -0.05) is 30.3 Å². The van der Waals surface area contributed by atoms with E-state index in [1.807, 2.05) is 18.2 Å². The number of thioether (sulfide) groups is 1. The van der Waals surface area contributed by atoms with Gasteiger partial charge in [0.2, 0.25) is 5.91 Å². The Morgan fingerprint density at radius 2 is 1.96 bits per heavy atom. The number of hydrogen-bond acceptors (Lipinski definition) is 5. The van der Waals surface area contributed by atoms with E-state index in [9.17, 15) is 19.5 Å². The first-order chi connectivity index (χ1) is 11.2. The molecule has 0 spiro atoms. The summed E-state index contributed by atoms with van der Waals surface area (Å²) >= 11 is 1.36. The summed E-state index contributed by atoms with van der Waals surface area (Å²) in [6.07, 6.45) is 0. The zero-order chi connectivity index (χ0) is 17.6. The number of carboxylic acids is 1. The molecular formula is C16H19N3O4S. The lowest BCUT2D eigenvalue weighted by Crippen LogP contribution is -2.73. The molecular weight excluding hydrogens is 330 g/mol. The van der Waals surface area contributed by atoms with Crippen LogP contribution < -0.4 is 16.2 Å². The molecule has 2 heterocycles. The highest BCUT2D eigenvalue weighted by atomic mass is 32.2. The van der Waals surface area contributed by atoms with E-state index in [1.54, 1.807) is 26.0 Å². The quantitative estimate of drug-likeness (QED) is 0.626. The number of fused-ring (bicyclic) bond motifs is 1. The summed E-state index contributed by atoms with van der Waals surface area (Å²) in [4.78, 5) is 37.4. The minimum Gasteiger partial charge on any atom is -0.548 e. The Balaban J connectivity index is 1.71. The number of amides is 2. The van der Waals surface area contributed by atoms with Crippen molar-refractivity contribution < 1.29 is 25.2 Å². The Kier molecular flexibility index (Phi) is 4.05. The van der Waals surface area contributed by atoms with Crippen LogP contribution in [0.1, 0.15) is 25.5 Å². The van der Waals surface area contributed by atoms with Gasteiger partial charge in [0, 0.05) is 10.3 Å². The van der Waals surface area contributed by atoms with Crippen molar-refractivity contribution in [1.29, 1.82) is 0 Å². The third-order valence-corrected chi connectivity index (χ3v) is 6.05. The van der Waals surface area contributed by atoms with Gasteiger partial charge < -0.3 is 25.9 Å². The molecule has 0 aliphatic carbocycles. The summed E-state index contributed by atoms with van der Waals surface area (Å²) in [5, 5.41) is 13.7. The van der Waals surface area contributed by atoms with Gasteiger partial charge in [-0.15, -0.1) is 11.8 Å². The number of rotatable bonds is 4. The van der Waals surface area contributed by atoms with Gasteiger partial charge in [-0.3, -0.25) is 9.59 Å². The third kappa shape index (κ3) is 2.55. The fourth-order valence-electron chi connectivity index (χ4n) is 3.22. The van der Waals surface area contributed by atoms with E-state index in [-0.39, 0.29) is 17.2 Å². The fourth-order valence-corrected chi connectivity index (χ4v) is 4.84. The average Bonchev–Trinajstić information content (AvgIpc) is 2.80. The van der Waals surface area contributed by atoms with E-state index >= 15 is 0 Å². The summed E-state index contributed by atoms with van der Waals surface area (Å²) in [7, 11) is 0. The molecule has 1 aromatic carbocycles. The van der Waals surface area contributed by atoms with Crippen molar-refractivity contribution >= 4 is 29.5 Å². The first kappa shape index (κ1) is 16.8. The fraction of sp³-hybridized carbons (Fsp3) is 0.438. The predicted octanol–water partition coefficient (Wildman–Crippen LogP) is -1.73. The minimum absolute atomic E-state index is 0.352. The van der Waals surface area contributed by atoms with Crippen LogP contribution in [0.4, 0.5) is 0 Å². The molecule has 0 unspecified atom stereocenters. The highest BCUT2D eigenvalue weighted by Crippen LogP contribution is 2.50. The maximum absolute atomic E-state index is 12.4. The second-order valence-electron chi connectivity index (χ2n) is 6.53. The zero-order valence-corrected chi connectivity index (χ0v) is 14.2. The van der Waals surface area contributed by atoms with Crippen molar-refractivity contribution in [3.8, 4) is 0 Å². The maximum atomic E-state index is 12.4. The maximum Gasteiger partial charge on any atom is 0.283 e. The molecule has 7 nitrogen and oxygen atoms in total. The summed E-state index contributed by atoms with van der Waals surface area (Å²) in [5.74, 6) is -2.01. The lowest BCUT2D eigenvalue weighted by Gasteiger charge is -2.45. The molecule has 4 atom stereocenters. The summed E-state index contributed by atoms with van der Waals surface area (Å²) in [5.41, 5.74) is 4.61. The minimum atomic E-state index is -1.27. The molecule has 0 aromatic heterocycles. The number of benzene rings is 1. The molecule has 2 saturated heterocycles. The van der Waals surface area contributed by atoms with Crippen molar-refractivity contribution in [3.05, 3.63) is 35.9 Å². The van der Waals surface area contributed by atoms with Crippen LogP contribution in [0.2, 0.25) is 0 Å². The molecule has 0 saturated carbocycles. The van der Waals surface area contributed by atoms with E-state index in [4.69, 9.17) is 0 Å². The van der Waals surface area contributed by atoms with Crippen molar-refractivity contribution in [2.75, 3.05) is 0 Å². The zero-order valence-electron chi connectivity index (χ0n) is 13.4. The van der Waals surface area contributed by atoms with Gasteiger partial charge in [0.15, 0.2) is 6.04 Å². The van der Waals surface area contributed by atoms with Crippen molar-refractivity contribution in [2.24, 2.45) is 0 Å². The molecule has 8 heteroatoms. The molecule has 0 bridgehead atoms. The lowest BCUT2D eigenvalue weighted by molar-refractivity contribution is -0.409. The molecule has 2 aliphatic rings. The summed E-state index contributed by atoms with van der Waals surface area (Å²) in [6.45, 7) is 3.52. The number of aliphatic carboxylic acids is 1. The van der Waals surface area contributed by atoms with Crippen LogP contribution in [-0.4, -0.2) is 44.9 Å². The highest BCUT2D eigenvalue weighted by molar-refractivity contribution is 8.01. The van der Waals surface area contributed by atoms with Crippen LogP contribution in [0.15, 0.2) is 30.3 Å². The van der Waals surface area contributed by atoms with Crippen LogP contribution >= 0.6 is 11.8 Å². The number of carbonyl (C=O) groups is 3. The number of nitrogens with one attached hydrogen (secondary N) is 1. The van der Waals surface area contributed by atoms with E-state index in [0.29, 0.717) is 0 Å². The Morgan fingerprint density at radius 3 is 2.54 bits per heavy atom. The average molecular weight is 349 g/mol. The summed E-state index contributed by atoms with van der Waals surface area (Å²) < 4.78 is -0.665. The van der Waals surface area contributed by atoms with Gasteiger partial charge in [0.1, 0.15) is 11.4 Å². The van der Waals surface area contributed by atoms with E-state index < -0.39 is 28.8 Å². The van der Waals surface area contributed by atoms with E-state index in [1.165, 1.54) is 16.7 Å². The van der Waals surface area contributed by atoms with Crippen LogP contribution in [0.3, 0.4) is 0 Å². The van der Waals surface area contributed by atoms with Gasteiger partial charge in [0.05, 0.1) is 12.0 Å². The summed E-state index contributed by atoms with van der Waals surface area (Å²) in [6, 6.07) is 6.73. The van der Waals surface area contributed by atoms with Crippen LogP contribution in [0, 0.1) is 0 Å². The molecule has 4 N–H and O–H groups in total. The molecule has 2 fully saturated rings. The number of hydrogen-bond donors (Lipinski definition) is 2. The molecule has 1 aromatic rings. The Labute approximate surface area is 143 Å². The van der Waals surface area contributed by atoms with E-state index in [2.05, 4.69) is 11.1 Å². The van der Waals surface area contributed by atoms with Gasteiger partial charge in [-0.2, -0.15) is 0 Å². The molecule has 3 rings (SSSR count). The van der Waals surface area contributed by atoms with Gasteiger partial charge >= 0.3 is 0 Å². The third-order valence-electron chi connectivity index (χ3n) is 4.48. The van der Waals surface area contributed by atoms with Crippen LogP contribution in [-0.2, 0) is 14.4 Å². The Bertz CT molecular complexity index is 694. The largest absolute Gasteiger partial charge is 0.548 e. The normalized spacial score (nSPS) is 28.7. The smallest absolute Gasteiger partial charge is 0.283 e. The van der Waals surface area contributed by atoms with Crippen molar-refractivity contribution in [3.63, 3.8) is 0 Å². The van der Waals surface area contributed by atoms with Crippen molar-refractivity contribution in [1.82, 2.24) is 10.2 Å². The lowest BCUT2D eigenvalue weighted by atomic mass is 9.95. The highest BCUT2D eigenvalue weighted by Gasteiger charge is 2.62. The number of carbonyl (C=O) groups excluding carboxylic acids is 3. The first-order valence-corrected chi connectivity index (χ1v) is 8.51. The molecule has 2 amide bonds. The molecule has 0 radical (unpaired) electrons. The topological polar surface area (TPSA) is 117 Å². The SMILES string of the molecule is CC1(C)S[C@@H]2[C@@H](NC(=O)[C@H]([NH3+])c3ccccc3)C(=O)N2[C@@H]1C(=O)[O-]. The van der Waals surface area contributed by atoms with Gasteiger partial charge in [-0.05, 0) is 13.8 Å². The van der Waals surface area contributed by atoms with E-state index in [0.717, 1.165) is 5.56 Å². The van der Waals surface area contributed by atoms with Crippen molar-refractivity contribution in [2.45, 2.75) is 42.1 Å². The second-order valence-corrected chi connectivity index (χ2v) is 8.30. The van der Waals surface area contributed by atoms with Gasteiger partial charge in [0.25, 0.3) is 5.91 Å². The Morgan fingerprint density at radius 1 is 1.33 bits per heavy atom. The first-order valence-electron chi connectivity index (χ1n) is 7.63. The number of carboxylic acid groups (broad SMARTS) is 1. The molecule has 128 valence electrons. The Hall–Kier alpha value is -2.06. The monoisotopic (exact) mass is 349 g/mol. The van der Waals surface area contributed by atoms with Crippen LogP contribution in [0.5, 0.6) is 0 Å². The molecule has 24 heavy (non-hydrogen) atoms. The van der Waals surface area contributed by atoms with Gasteiger partial charge in [-0.25, -0.2) is 0 Å². The number of nitrogens with zero attached hydrogens (tertiary/aromatic N) is 1. The second kappa shape index (κ2) is 5.78. The van der Waals surface area contributed by atoms with Crippen LogP contribution in [0.25, 0.3) is 0 Å². The standard InChI is InChI=1S/C16H19N3O4S/c1-16(2)11(15(22)23)19-13(21)10(14(19)24-16)18-12(20)9(17)8-6-4-3-5-7-8/h3-7,9-11,14H,17H2,1-2H3,(H,18,20)(H,22,23)/t9-,10+,11-,14-/m1/s1. The predicted molar refractivity (Wildman–Crippen MR) is 85.1 cm³/mol. The number of quaternary nitrogens is 1.